The van der Waals surface area contributed by atoms with Crippen LogP contribution in [0.25, 0.3) is 0 Å². The maximum Gasteiger partial charge on any atom is 0.345 e. The zero-order chi connectivity index (χ0) is 10.9. The third kappa shape index (κ3) is 1.57. The fourth-order valence-corrected chi connectivity index (χ4v) is 1.52. The first-order valence-corrected chi connectivity index (χ1v) is 4.80. The van der Waals surface area contributed by atoms with Gasteiger partial charge in [0.2, 0.25) is 5.60 Å². The van der Waals surface area contributed by atoms with E-state index in [-0.39, 0.29) is 12.4 Å². The number of carbonyl (C=O) groups excluding carboxylic acids is 1. The van der Waals surface area contributed by atoms with Crippen molar-refractivity contribution in [1.29, 1.82) is 0 Å². The molecule has 0 spiro atoms. The van der Waals surface area contributed by atoms with Crippen molar-refractivity contribution >= 4 is 5.97 Å². The number of esters is 1. The average molecular weight is 208 g/mol. The summed E-state index contributed by atoms with van der Waals surface area (Å²) in [6, 6.07) is 6.63. The second-order valence-corrected chi connectivity index (χ2v) is 3.35. The third-order valence-electron chi connectivity index (χ3n) is 2.38. The fourth-order valence-electron chi connectivity index (χ4n) is 1.52. The lowest BCUT2D eigenvalue weighted by Crippen LogP contribution is -2.24. The van der Waals surface area contributed by atoms with Crippen molar-refractivity contribution in [1.82, 2.24) is 0 Å². The van der Waals surface area contributed by atoms with Gasteiger partial charge in [-0.15, -0.1) is 0 Å². The minimum atomic E-state index is -1.07. The first kappa shape index (κ1) is 9.98. The maximum absolute atomic E-state index is 11.6. The molecule has 1 saturated heterocycles. The Hall–Kier alpha value is -1.55. The monoisotopic (exact) mass is 208 g/mol. The summed E-state index contributed by atoms with van der Waals surface area (Å²) in [5, 5.41) is 9.62. The number of hydrogen-bond donors (Lipinski definition) is 1. The summed E-state index contributed by atoms with van der Waals surface area (Å²) in [7, 11) is 0. The number of para-hydroxylation sites is 1. The molecule has 80 valence electrons. The number of rotatable bonds is 3. The van der Waals surface area contributed by atoms with Crippen LogP contribution in [-0.2, 0) is 19.9 Å². The SMILES string of the molecule is CCOC(=O)C1(c2ccccc2O)CO1. The number of benzene rings is 1. The van der Waals surface area contributed by atoms with E-state index in [0.717, 1.165) is 0 Å². The van der Waals surface area contributed by atoms with Crippen LogP contribution in [0.15, 0.2) is 24.3 Å². The van der Waals surface area contributed by atoms with Gasteiger partial charge in [0, 0.05) is 5.56 Å². The summed E-state index contributed by atoms with van der Waals surface area (Å²) >= 11 is 0. The Morgan fingerprint density at radius 2 is 2.27 bits per heavy atom. The van der Waals surface area contributed by atoms with E-state index in [9.17, 15) is 9.90 Å². The van der Waals surface area contributed by atoms with Gasteiger partial charge in [-0.25, -0.2) is 4.79 Å². The van der Waals surface area contributed by atoms with E-state index in [2.05, 4.69) is 0 Å². The van der Waals surface area contributed by atoms with Gasteiger partial charge in [0.1, 0.15) is 5.75 Å². The van der Waals surface area contributed by atoms with E-state index in [1.165, 1.54) is 6.07 Å². The average Bonchev–Trinajstić information content (AvgIpc) is 3.00. The van der Waals surface area contributed by atoms with Crippen molar-refractivity contribution in [3.8, 4) is 5.75 Å². The zero-order valence-electron chi connectivity index (χ0n) is 8.40. The van der Waals surface area contributed by atoms with E-state index >= 15 is 0 Å². The summed E-state index contributed by atoms with van der Waals surface area (Å²) in [6.45, 7) is 2.31. The zero-order valence-corrected chi connectivity index (χ0v) is 8.40. The van der Waals surface area contributed by atoms with Gasteiger partial charge < -0.3 is 14.6 Å². The highest BCUT2D eigenvalue weighted by Crippen LogP contribution is 2.43. The van der Waals surface area contributed by atoms with Gasteiger partial charge in [0.15, 0.2) is 0 Å². The lowest BCUT2D eigenvalue weighted by Gasteiger charge is -2.12. The van der Waals surface area contributed by atoms with Crippen molar-refractivity contribution < 1.29 is 19.4 Å². The van der Waals surface area contributed by atoms with E-state index in [1.807, 2.05) is 0 Å². The smallest absolute Gasteiger partial charge is 0.345 e. The molecule has 4 heteroatoms. The summed E-state index contributed by atoms with van der Waals surface area (Å²) in [5.74, 6) is -0.380. The fraction of sp³-hybridized carbons (Fsp3) is 0.364. The molecule has 1 fully saturated rings. The van der Waals surface area contributed by atoms with Crippen molar-refractivity contribution in [2.24, 2.45) is 0 Å². The minimum Gasteiger partial charge on any atom is -0.508 e. The molecular formula is C11H12O4. The number of epoxide rings is 1. The van der Waals surface area contributed by atoms with Crippen LogP contribution in [-0.4, -0.2) is 24.3 Å². The minimum absolute atomic E-state index is 0.0584. The summed E-state index contributed by atoms with van der Waals surface area (Å²) in [5.41, 5.74) is -0.593. The van der Waals surface area contributed by atoms with Gasteiger partial charge in [-0.3, -0.25) is 0 Å². The Morgan fingerprint density at radius 1 is 1.60 bits per heavy atom. The van der Waals surface area contributed by atoms with Crippen molar-refractivity contribution in [3.05, 3.63) is 29.8 Å². The molecule has 1 aromatic carbocycles. The van der Waals surface area contributed by atoms with Crippen LogP contribution in [0.3, 0.4) is 0 Å². The molecule has 0 radical (unpaired) electrons. The molecule has 1 aliphatic rings. The van der Waals surface area contributed by atoms with E-state index in [1.54, 1.807) is 25.1 Å². The number of carbonyl (C=O) groups is 1. The highest BCUT2D eigenvalue weighted by Gasteiger charge is 2.56. The molecule has 1 unspecified atom stereocenters. The van der Waals surface area contributed by atoms with Crippen LogP contribution in [0.4, 0.5) is 0 Å². The van der Waals surface area contributed by atoms with Crippen LogP contribution in [0, 0.1) is 0 Å². The van der Waals surface area contributed by atoms with Crippen molar-refractivity contribution in [2.45, 2.75) is 12.5 Å². The molecule has 1 aliphatic heterocycles. The number of aromatic hydroxyl groups is 1. The molecule has 1 N–H and O–H groups in total. The predicted octanol–water partition coefficient (Wildman–Crippen LogP) is 1.18. The normalized spacial score (nSPS) is 23.5. The molecule has 2 rings (SSSR count). The van der Waals surface area contributed by atoms with Crippen molar-refractivity contribution in [2.75, 3.05) is 13.2 Å². The van der Waals surface area contributed by atoms with E-state index < -0.39 is 11.6 Å². The molecule has 0 aliphatic carbocycles. The quantitative estimate of drug-likeness (QED) is 0.598. The predicted molar refractivity (Wildman–Crippen MR) is 52.4 cm³/mol. The number of hydrogen-bond acceptors (Lipinski definition) is 4. The summed E-state index contributed by atoms with van der Waals surface area (Å²) in [6.07, 6.45) is 0. The molecule has 0 amide bonds. The summed E-state index contributed by atoms with van der Waals surface area (Å²) < 4.78 is 10.0. The van der Waals surface area contributed by atoms with Gasteiger partial charge in [0.05, 0.1) is 13.2 Å². The molecule has 0 saturated carbocycles. The molecule has 1 atom stereocenters. The largest absolute Gasteiger partial charge is 0.508 e. The highest BCUT2D eigenvalue weighted by molar-refractivity contribution is 5.85. The topological polar surface area (TPSA) is 59.1 Å². The van der Waals surface area contributed by atoms with E-state index in [0.29, 0.717) is 12.2 Å². The first-order valence-electron chi connectivity index (χ1n) is 4.80. The highest BCUT2D eigenvalue weighted by atomic mass is 16.6. The van der Waals surface area contributed by atoms with Gasteiger partial charge >= 0.3 is 5.97 Å². The van der Waals surface area contributed by atoms with Crippen molar-refractivity contribution in [3.63, 3.8) is 0 Å². The Labute approximate surface area is 87.4 Å². The van der Waals surface area contributed by atoms with Crippen LogP contribution >= 0.6 is 0 Å². The Kier molecular flexibility index (Phi) is 2.36. The Balaban J connectivity index is 2.31. The first-order chi connectivity index (χ1) is 7.20. The lowest BCUT2D eigenvalue weighted by molar-refractivity contribution is -0.150. The number of phenolic OH excluding ortho intramolecular Hbond substituents is 1. The van der Waals surface area contributed by atoms with Gasteiger partial charge in [-0.05, 0) is 13.0 Å². The standard InChI is InChI=1S/C11H12O4/c1-2-14-10(13)11(7-15-11)8-5-3-4-6-9(8)12/h3-6,12H,2,7H2,1H3. The van der Waals surface area contributed by atoms with Gasteiger partial charge in [-0.1, -0.05) is 18.2 Å². The summed E-state index contributed by atoms with van der Waals surface area (Å²) in [4.78, 5) is 11.6. The number of phenols is 1. The second kappa shape index (κ2) is 3.55. The van der Waals surface area contributed by atoms with Gasteiger partial charge in [0.25, 0.3) is 0 Å². The van der Waals surface area contributed by atoms with Gasteiger partial charge in [-0.2, -0.15) is 0 Å². The second-order valence-electron chi connectivity index (χ2n) is 3.35. The maximum atomic E-state index is 11.6. The third-order valence-corrected chi connectivity index (χ3v) is 2.38. The molecule has 0 aromatic heterocycles. The molecule has 4 nitrogen and oxygen atoms in total. The molecule has 0 bridgehead atoms. The van der Waals surface area contributed by atoms with Crippen LogP contribution < -0.4 is 0 Å². The van der Waals surface area contributed by atoms with Crippen LogP contribution in [0.1, 0.15) is 12.5 Å². The molecular weight excluding hydrogens is 196 g/mol. The molecule has 1 aromatic rings. The Morgan fingerprint density at radius 3 is 2.80 bits per heavy atom. The van der Waals surface area contributed by atoms with E-state index in [4.69, 9.17) is 9.47 Å². The molecule has 15 heavy (non-hydrogen) atoms. The van der Waals surface area contributed by atoms with Crippen LogP contribution in [0.2, 0.25) is 0 Å². The molecule has 1 heterocycles. The number of ether oxygens (including phenoxy) is 2. The Bertz CT molecular complexity index is 382. The van der Waals surface area contributed by atoms with Crippen LogP contribution in [0.5, 0.6) is 5.75 Å². The lowest BCUT2D eigenvalue weighted by atomic mass is 9.99.